The normalized spacial score (nSPS) is 12.6. The van der Waals surface area contributed by atoms with Gasteiger partial charge in [-0.1, -0.05) is 12.1 Å². The minimum Gasteiger partial charge on any atom is -0.508 e. The summed E-state index contributed by atoms with van der Waals surface area (Å²) in [5, 5.41) is 15.8. The first kappa shape index (κ1) is 13.1. The van der Waals surface area contributed by atoms with E-state index in [4.69, 9.17) is 0 Å². The minimum atomic E-state index is 0.315. The average molecular weight is 262 g/mol. The maximum atomic E-state index is 9.26. The number of aromatic hydroxyl groups is 1. The van der Waals surface area contributed by atoms with Gasteiger partial charge in [0.1, 0.15) is 5.75 Å². The fraction of sp³-hybridized carbons (Fsp3) is 0.357. The molecule has 2 rings (SSSR count). The van der Waals surface area contributed by atoms with Crippen molar-refractivity contribution < 1.29 is 5.11 Å². The fourth-order valence-electron chi connectivity index (χ4n) is 1.90. The van der Waals surface area contributed by atoms with E-state index in [1.807, 2.05) is 26.1 Å². The molecule has 0 spiro atoms. The summed E-state index contributed by atoms with van der Waals surface area (Å²) < 4.78 is 0. The number of hydrogen-bond donors (Lipinski definition) is 2. The minimum absolute atomic E-state index is 0.315. The van der Waals surface area contributed by atoms with Gasteiger partial charge in [-0.05, 0) is 38.1 Å². The first-order valence-electron chi connectivity index (χ1n) is 6.03. The number of thiazole rings is 1. The fourth-order valence-corrected chi connectivity index (χ4v) is 2.75. The van der Waals surface area contributed by atoms with Gasteiger partial charge in [0, 0.05) is 23.5 Å². The molecule has 96 valence electrons. The highest BCUT2D eigenvalue weighted by molar-refractivity contribution is 7.09. The molecule has 0 aliphatic carbocycles. The number of nitrogens with zero attached hydrogens (tertiary/aromatic N) is 1. The van der Waals surface area contributed by atoms with E-state index in [2.05, 4.69) is 15.7 Å². The lowest BCUT2D eigenvalue weighted by Crippen LogP contribution is -2.29. The van der Waals surface area contributed by atoms with Crippen LogP contribution < -0.4 is 5.32 Å². The largest absolute Gasteiger partial charge is 0.508 e. The zero-order valence-electron chi connectivity index (χ0n) is 10.7. The van der Waals surface area contributed by atoms with Crippen LogP contribution in [-0.2, 0) is 12.8 Å². The third kappa shape index (κ3) is 3.55. The second-order valence-corrected chi connectivity index (χ2v) is 5.39. The van der Waals surface area contributed by atoms with Crippen LogP contribution >= 0.6 is 11.3 Å². The van der Waals surface area contributed by atoms with Crippen LogP contribution in [0.3, 0.4) is 0 Å². The average Bonchev–Trinajstić information content (AvgIpc) is 2.77. The molecule has 1 aromatic carbocycles. The predicted octanol–water partition coefficient (Wildman–Crippen LogP) is 2.53. The number of rotatable bonds is 5. The Labute approximate surface area is 112 Å². The molecule has 0 saturated heterocycles. The van der Waals surface area contributed by atoms with Gasteiger partial charge >= 0.3 is 0 Å². The van der Waals surface area contributed by atoms with Crippen molar-refractivity contribution in [2.24, 2.45) is 0 Å². The van der Waals surface area contributed by atoms with E-state index in [-0.39, 0.29) is 0 Å². The molecule has 0 bridgehead atoms. The van der Waals surface area contributed by atoms with Crippen molar-refractivity contribution in [2.45, 2.75) is 25.8 Å². The summed E-state index contributed by atoms with van der Waals surface area (Å²) in [6.07, 6.45) is 1.88. The third-order valence-electron chi connectivity index (χ3n) is 2.91. The molecule has 0 aliphatic rings. The number of phenols is 1. The number of benzene rings is 1. The van der Waals surface area contributed by atoms with E-state index < -0.39 is 0 Å². The zero-order valence-corrected chi connectivity index (χ0v) is 11.5. The van der Waals surface area contributed by atoms with Crippen LogP contribution in [0.15, 0.2) is 29.6 Å². The molecule has 4 heteroatoms. The Bertz CT molecular complexity index is 493. The standard InChI is InChI=1S/C14H18N2OS/c1-10-9-18-14(16-10)8-12(15-2)7-11-3-5-13(17)6-4-11/h3-6,9,12,15,17H,7-8H2,1-2H3. The van der Waals surface area contributed by atoms with Gasteiger partial charge in [0.2, 0.25) is 0 Å². The summed E-state index contributed by atoms with van der Waals surface area (Å²) in [7, 11) is 1.98. The van der Waals surface area contributed by atoms with Gasteiger partial charge in [-0.2, -0.15) is 0 Å². The van der Waals surface area contributed by atoms with Crippen molar-refractivity contribution in [1.82, 2.24) is 10.3 Å². The highest BCUT2D eigenvalue weighted by Crippen LogP contribution is 2.15. The first-order valence-corrected chi connectivity index (χ1v) is 6.91. The van der Waals surface area contributed by atoms with E-state index in [1.54, 1.807) is 23.5 Å². The summed E-state index contributed by atoms with van der Waals surface area (Å²) in [6.45, 7) is 2.02. The summed E-state index contributed by atoms with van der Waals surface area (Å²) >= 11 is 1.72. The van der Waals surface area contributed by atoms with E-state index >= 15 is 0 Å². The van der Waals surface area contributed by atoms with Crippen LogP contribution in [0.5, 0.6) is 5.75 Å². The maximum absolute atomic E-state index is 9.26. The molecule has 1 unspecified atom stereocenters. The number of phenolic OH excluding ortho intramolecular Hbond substituents is 1. The molecule has 0 radical (unpaired) electrons. The second kappa shape index (κ2) is 5.98. The van der Waals surface area contributed by atoms with Gasteiger partial charge in [0.05, 0.1) is 5.01 Å². The van der Waals surface area contributed by atoms with Crippen LogP contribution in [0.4, 0.5) is 0 Å². The van der Waals surface area contributed by atoms with E-state index in [0.29, 0.717) is 11.8 Å². The Morgan fingerprint density at radius 2 is 2.00 bits per heavy atom. The molecule has 2 N–H and O–H groups in total. The molecule has 18 heavy (non-hydrogen) atoms. The van der Waals surface area contributed by atoms with E-state index in [1.165, 1.54) is 10.6 Å². The smallest absolute Gasteiger partial charge is 0.115 e. The molecule has 0 saturated carbocycles. The van der Waals surface area contributed by atoms with Crippen LogP contribution in [0.2, 0.25) is 0 Å². The zero-order chi connectivity index (χ0) is 13.0. The van der Waals surface area contributed by atoms with Gasteiger partial charge in [0.15, 0.2) is 0 Å². The number of nitrogens with one attached hydrogen (secondary N) is 1. The third-order valence-corrected chi connectivity index (χ3v) is 3.90. The quantitative estimate of drug-likeness (QED) is 0.870. The topological polar surface area (TPSA) is 45.1 Å². The van der Waals surface area contributed by atoms with E-state index in [9.17, 15) is 5.11 Å². The lowest BCUT2D eigenvalue weighted by atomic mass is 10.0. The van der Waals surface area contributed by atoms with Crippen LogP contribution in [0, 0.1) is 6.92 Å². The highest BCUT2D eigenvalue weighted by Gasteiger charge is 2.10. The van der Waals surface area contributed by atoms with E-state index in [0.717, 1.165) is 18.5 Å². The van der Waals surface area contributed by atoms with Crippen molar-refractivity contribution in [3.05, 3.63) is 45.9 Å². The SMILES string of the molecule is CNC(Cc1ccc(O)cc1)Cc1nc(C)cs1. The Morgan fingerprint density at radius 3 is 2.56 bits per heavy atom. The van der Waals surface area contributed by atoms with Crippen LogP contribution in [-0.4, -0.2) is 23.2 Å². The molecule has 0 aliphatic heterocycles. The molecule has 1 heterocycles. The molecule has 1 atom stereocenters. The lowest BCUT2D eigenvalue weighted by molar-refractivity contribution is 0.474. The number of aryl methyl sites for hydroxylation is 1. The van der Waals surface area contributed by atoms with Crippen LogP contribution in [0.25, 0.3) is 0 Å². The van der Waals surface area contributed by atoms with Gasteiger partial charge in [-0.25, -0.2) is 4.98 Å². The monoisotopic (exact) mass is 262 g/mol. The number of hydrogen-bond acceptors (Lipinski definition) is 4. The molecule has 0 fully saturated rings. The Kier molecular flexibility index (Phi) is 4.33. The number of aromatic nitrogens is 1. The Morgan fingerprint density at radius 1 is 1.28 bits per heavy atom. The Balaban J connectivity index is 1.99. The van der Waals surface area contributed by atoms with Crippen molar-refractivity contribution in [3.8, 4) is 5.75 Å². The summed E-state index contributed by atoms with van der Waals surface area (Å²) in [5.74, 6) is 0.315. The summed E-state index contributed by atoms with van der Waals surface area (Å²) in [6, 6.07) is 7.77. The van der Waals surface area contributed by atoms with Crippen molar-refractivity contribution in [1.29, 1.82) is 0 Å². The van der Waals surface area contributed by atoms with Crippen LogP contribution in [0.1, 0.15) is 16.3 Å². The molecular formula is C14H18N2OS. The van der Waals surface area contributed by atoms with Gasteiger partial charge in [-0.15, -0.1) is 11.3 Å². The summed E-state index contributed by atoms with van der Waals surface area (Å²) in [5.41, 5.74) is 2.31. The maximum Gasteiger partial charge on any atom is 0.115 e. The predicted molar refractivity (Wildman–Crippen MR) is 75.2 cm³/mol. The molecule has 0 amide bonds. The molecule has 2 aromatic rings. The summed E-state index contributed by atoms with van der Waals surface area (Å²) in [4.78, 5) is 4.49. The molecule has 1 aromatic heterocycles. The van der Waals surface area contributed by atoms with Gasteiger partial charge in [0.25, 0.3) is 0 Å². The van der Waals surface area contributed by atoms with Crippen molar-refractivity contribution in [2.75, 3.05) is 7.05 Å². The highest BCUT2D eigenvalue weighted by atomic mass is 32.1. The number of likely N-dealkylation sites (N-methyl/N-ethyl adjacent to an activating group) is 1. The molecule has 3 nitrogen and oxygen atoms in total. The molecular weight excluding hydrogens is 244 g/mol. The van der Waals surface area contributed by atoms with Gasteiger partial charge < -0.3 is 10.4 Å². The van der Waals surface area contributed by atoms with Gasteiger partial charge in [-0.3, -0.25) is 0 Å². The Hall–Kier alpha value is -1.39. The lowest BCUT2D eigenvalue weighted by Gasteiger charge is -2.14. The van der Waals surface area contributed by atoms with Crippen molar-refractivity contribution >= 4 is 11.3 Å². The second-order valence-electron chi connectivity index (χ2n) is 4.44. The van der Waals surface area contributed by atoms with Crippen molar-refractivity contribution in [3.63, 3.8) is 0 Å². The first-order chi connectivity index (χ1) is 8.67.